The molecule has 0 aliphatic carbocycles. The summed E-state index contributed by atoms with van der Waals surface area (Å²) in [5.74, 6) is -0.400. The number of rotatable bonds is 6. The molecule has 1 aromatic rings. The largest absolute Gasteiger partial charge is 0.459 e. The lowest BCUT2D eigenvalue weighted by Crippen LogP contribution is -2.48. The summed E-state index contributed by atoms with van der Waals surface area (Å²) in [6.45, 7) is 5.92. The van der Waals surface area contributed by atoms with Crippen LogP contribution in [-0.4, -0.2) is 48.1 Å². The second-order valence-corrected chi connectivity index (χ2v) is 6.14. The normalized spacial score (nSPS) is 12.8. The highest BCUT2D eigenvalue weighted by Crippen LogP contribution is 2.21. The molecule has 1 rings (SSSR count). The average Bonchev–Trinajstić information content (AvgIpc) is 2.89. The Labute approximate surface area is 125 Å². The number of likely N-dealkylation sites (N-methyl/N-ethyl adjacent to an activating group) is 1. The first-order valence-electron chi connectivity index (χ1n) is 6.95. The Morgan fingerprint density at radius 2 is 2.10 bits per heavy atom. The van der Waals surface area contributed by atoms with Crippen LogP contribution >= 0.6 is 0 Å². The van der Waals surface area contributed by atoms with Gasteiger partial charge in [0.05, 0.1) is 12.8 Å². The smallest absolute Gasteiger partial charge is 0.289 e. The molecule has 0 aliphatic rings. The van der Waals surface area contributed by atoms with Gasteiger partial charge in [-0.15, -0.1) is 0 Å². The number of hydrogen-bond donors (Lipinski definition) is 2. The maximum absolute atomic E-state index is 12.0. The summed E-state index contributed by atoms with van der Waals surface area (Å²) in [4.78, 5) is 25.3. The van der Waals surface area contributed by atoms with Crippen LogP contribution in [0.4, 0.5) is 0 Å². The molecular weight excluding hydrogens is 272 g/mol. The van der Waals surface area contributed by atoms with Crippen molar-refractivity contribution in [1.82, 2.24) is 10.2 Å². The number of aliphatic hydroxyl groups excluding tert-OH is 1. The Morgan fingerprint density at radius 1 is 1.43 bits per heavy atom. The molecule has 0 saturated heterocycles. The van der Waals surface area contributed by atoms with E-state index in [1.54, 1.807) is 19.2 Å². The van der Waals surface area contributed by atoms with Gasteiger partial charge < -0.3 is 19.7 Å². The van der Waals surface area contributed by atoms with Crippen molar-refractivity contribution in [3.05, 3.63) is 24.2 Å². The molecule has 2 N–H and O–H groups in total. The van der Waals surface area contributed by atoms with Crippen LogP contribution < -0.4 is 5.32 Å². The van der Waals surface area contributed by atoms with Gasteiger partial charge in [0.1, 0.15) is 0 Å². The first-order chi connectivity index (χ1) is 9.75. The van der Waals surface area contributed by atoms with Crippen LogP contribution in [0.5, 0.6) is 0 Å². The highest BCUT2D eigenvalue weighted by atomic mass is 16.3. The minimum absolute atomic E-state index is 0.00336. The number of nitrogens with zero attached hydrogens (tertiary/aromatic N) is 1. The van der Waals surface area contributed by atoms with Crippen LogP contribution in [0.15, 0.2) is 22.8 Å². The van der Waals surface area contributed by atoms with Gasteiger partial charge >= 0.3 is 0 Å². The number of nitrogens with one attached hydrogen (secondary N) is 1. The summed E-state index contributed by atoms with van der Waals surface area (Å²) in [7, 11) is 1.54. The zero-order chi connectivity index (χ0) is 16.0. The molecule has 1 atom stereocenters. The number of hydrogen-bond acceptors (Lipinski definition) is 4. The van der Waals surface area contributed by atoms with Crippen molar-refractivity contribution in [2.45, 2.75) is 33.2 Å². The predicted molar refractivity (Wildman–Crippen MR) is 78.8 cm³/mol. The van der Waals surface area contributed by atoms with E-state index in [4.69, 9.17) is 9.52 Å². The Morgan fingerprint density at radius 3 is 2.57 bits per heavy atom. The SMILES string of the molecule is CN(CC(=O)NC(CCO)C(C)(C)C)C(=O)c1ccco1. The maximum Gasteiger partial charge on any atom is 0.289 e. The molecule has 0 fully saturated rings. The van der Waals surface area contributed by atoms with Crippen molar-refractivity contribution >= 4 is 11.8 Å². The Hall–Kier alpha value is -1.82. The summed E-state index contributed by atoms with van der Waals surface area (Å²) in [5.41, 5.74) is -0.165. The topological polar surface area (TPSA) is 82.8 Å². The molecule has 0 bridgehead atoms. The molecule has 21 heavy (non-hydrogen) atoms. The maximum atomic E-state index is 12.0. The molecule has 118 valence electrons. The van der Waals surface area contributed by atoms with Crippen molar-refractivity contribution in [3.63, 3.8) is 0 Å². The molecule has 1 heterocycles. The molecule has 1 aromatic heterocycles. The number of aliphatic hydroxyl groups is 1. The fourth-order valence-corrected chi connectivity index (χ4v) is 1.97. The highest BCUT2D eigenvalue weighted by Gasteiger charge is 2.26. The molecule has 1 unspecified atom stereocenters. The zero-order valence-electron chi connectivity index (χ0n) is 13.0. The summed E-state index contributed by atoms with van der Waals surface area (Å²) in [6.07, 6.45) is 1.89. The van der Waals surface area contributed by atoms with E-state index in [9.17, 15) is 9.59 Å². The van der Waals surface area contributed by atoms with Crippen LogP contribution in [0.2, 0.25) is 0 Å². The number of amides is 2. The van der Waals surface area contributed by atoms with E-state index in [2.05, 4.69) is 5.32 Å². The molecule has 0 radical (unpaired) electrons. The van der Waals surface area contributed by atoms with E-state index in [1.807, 2.05) is 20.8 Å². The first kappa shape index (κ1) is 17.2. The van der Waals surface area contributed by atoms with E-state index in [1.165, 1.54) is 11.2 Å². The van der Waals surface area contributed by atoms with E-state index in [-0.39, 0.29) is 42.2 Å². The lowest BCUT2D eigenvalue weighted by Gasteiger charge is -2.31. The molecule has 0 aromatic carbocycles. The molecule has 0 aliphatic heterocycles. The van der Waals surface area contributed by atoms with Gasteiger partial charge in [-0.2, -0.15) is 0 Å². The molecular formula is C15H24N2O4. The van der Waals surface area contributed by atoms with Gasteiger partial charge in [0.2, 0.25) is 5.91 Å². The summed E-state index contributed by atoms with van der Waals surface area (Å²) in [6, 6.07) is 3.03. The lowest BCUT2D eigenvalue weighted by atomic mass is 9.85. The third-order valence-electron chi connectivity index (χ3n) is 3.26. The van der Waals surface area contributed by atoms with Crippen molar-refractivity contribution in [1.29, 1.82) is 0 Å². The fraction of sp³-hybridized carbons (Fsp3) is 0.600. The standard InChI is InChI=1S/C15H24N2O4/c1-15(2,3)12(7-8-18)16-13(19)10-17(4)14(20)11-6-5-9-21-11/h5-6,9,12,18H,7-8,10H2,1-4H3,(H,16,19). The minimum atomic E-state index is -0.343. The van der Waals surface area contributed by atoms with Gasteiger partial charge in [-0.05, 0) is 24.0 Å². The number of carbonyl (C=O) groups is 2. The van der Waals surface area contributed by atoms with E-state index >= 15 is 0 Å². The highest BCUT2D eigenvalue weighted by molar-refractivity contribution is 5.94. The summed E-state index contributed by atoms with van der Waals surface area (Å²) < 4.78 is 5.02. The first-order valence-corrected chi connectivity index (χ1v) is 6.95. The predicted octanol–water partition coefficient (Wildman–Crippen LogP) is 1.26. The minimum Gasteiger partial charge on any atom is -0.459 e. The molecule has 6 nitrogen and oxygen atoms in total. The van der Waals surface area contributed by atoms with E-state index in [0.29, 0.717) is 6.42 Å². The van der Waals surface area contributed by atoms with E-state index in [0.717, 1.165) is 0 Å². The van der Waals surface area contributed by atoms with Crippen molar-refractivity contribution in [3.8, 4) is 0 Å². The van der Waals surface area contributed by atoms with Crippen LogP contribution in [0.25, 0.3) is 0 Å². The molecule has 0 spiro atoms. The molecule has 0 saturated carbocycles. The molecule has 6 heteroatoms. The Kier molecular flexibility index (Phi) is 5.96. The Bertz CT molecular complexity index is 463. The number of carbonyl (C=O) groups excluding carboxylic acids is 2. The second kappa shape index (κ2) is 7.26. The van der Waals surface area contributed by atoms with Gasteiger partial charge in [0, 0.05) is 19.7 Å². The quantitative estimate of drug-likeness (QED) is 0.828. The summed E-state index contributed by atoms with van der Waals surface area (Å²) in [5, 5.41) is 11.9. The molecule has 2 amide bonds. The monoisotopic (exact) mass is 296 g/mol. The third-order valence-corrected chi connectivity index (χ3v) is 3.26. The van der Waals surface area contributed by atoms with Gasteiger partial charge in [-0.3, -0.25) is 9.59 Å². The van der Waals surface area contributed by atoms with Crippen LogP contribution in [0.1, 0.15) is 37.7 Å². The van der Waals surface area contributed by atoms with Gasteiger partial charge in [-0.25, -0.2) is 0 Å². The summed E-state index contributed by atoms with van der Waals surface area (Å²) >= 11 is 0. The van der Waals surface area contributed by atoms with Crippen molar-refractivity contribution < 1.29 is 19.1 Å². The fourth-order valence-electron chi connectivity index (χ4n) is 1.97. The number of furan rings is 1. The van der Waals surface area contributed by atoms with Gasteiger partial charge in [-0.1, -0.05) is 20.8 Å². The van der Waals surface area contributed by atoms with Crippen LogP contribution in [0, 0.1) is 5.41 Å². The zero-order valence-corrected chi connectivity index (χ0v) is 13.0. The van der Waals surface area contributed by atoms with Crippen molar-refractivity contribution in [2.75, 3.05) is 20.2 Å². The van der Waals surface area contributed by atoms with Gasteiger partial charge in [0.15, 0.2) is 5.76 Å². The average molecular weight is 296 g/mol. The third kappa shape index (κ3) is 5.23. The van der Waals surface area contributed by atoms with Crippen molar-refractivity contribution in [2.24, 2.45) is 5.41 Å². The second-order valence-electron chi connectivity index (χ2n) is 6.14. The lowest BCUT2D eigenvalue weighted by molar-refractivity contribution is -0.123. The van der Waals surface area contributed by atoms with Crippen LogP contribution in [-0.2, 0) is 4.79 Å². The van der Waals surface area contributed by atoms with Gasteiger partial charge in [0.25, 0.3) is 5.91 Å². The Balaban J connectivity index is 2.57. The van der Waals surface area contributed by atoms with Crippen LogP contribution in [0.3, 0.4) is 0 Å². The van der Waals surface area contributed by atoms with E-state index < -0.39 is 0 Å².